The number of amides is 1. The Bertz CT molecular complexity index is 369. The van der Waals surface area contributed by atoms with Crippen molar-refractivity contribution >= 4 is 17.3 Å². The molecule has 0 radical (unpaired) electrons. The average Bonchev–Trinajstić information content (AvgIpc) is 2.34. The lowest BCUT2D eigenvalue weighted by Crippen LogP contribution is -2.36. The van der Waals surface area contributed by atoms with Crippen LogP contribution in [0.5, 0.6) is 0 Å². The molecule has 0 aliphatic carbocycles. The Morgan fingerprint density at radius 1 is 1.47 bits per heavy atom. The van der Waals surface area contributed by atoms with Gasteiger partial charge in [0.25, 0.3) is 5.91 Å². The summed E-state index contributed by atoms with van der Waals surface area (Å²) in [6, 6.07) is 7.05. The van der Waals surface area contributed by atoms with E-state index < -0.39 is 0 Å². The van der Waals surface area contributed by atoms with Crippen molar-refractivity contribution in [1.29, 1.82) is 0 Å². The van der Waals surface area contributed by atoms with E-state index in [1.54, 1.807) is 24.3 Å². The van der Waals surface area contributed by atoms with Crippen LogP contribution < -0.4 is 10.6 Å². The third kappa shape index (κ3) is 3.72. The fourth-order valence-electron chi connectivity index (χ4n) is 1.48. The van der Waals surface area contributed by atoms with Crippen LogP contribution in [0.25, 0.3) is 0 Å². The second-order valence-electron chi connectivity index (χ2n) is 3.46. The van der Waals surface area contributed by atoms with Gasteiger partial charge in [-0.2, -0.15) is 0 Å². The van der Waals surface area contributed by atoms with Crippen LogP contribution in [-0.4, -0.2) is 37.4 Å². The predicted octanol–water partition coefficient (Wildman–Crippen LogP) is 0.631. The van der Waals surface area contributed by atoms with Gasteiger partial charge >= 0.3 is 0 Å². The number of anilines is 2. The molecule has 0 aliphatic rings. The Labute approximate surface area is 101 Å². The van der Waals surface area contributed by atoms with E-state index in [0.29, 0.717) is 18.0 Å². The fraction of sp³-hybridized carbons (Fsp3) is 0.417. The Morgan fingerprint density at radius 2 is 2.18 bits per heavy atom. The topological polar surface area (TPSA) is 75.8 Å². The van der Waals surface area contributed by atoms with Gasteiger partial charge in [-0.1, -0.05) is 12.1 Å². The highest BCUT2D eigenvalue weighted by Crippen LogP contribution is 2.22. The van der Waals surface area contributed by atoms with Crippen LogP contribution in [0.1, 0.15) is 6.92 Å². The molecule has 0 unspecified atom stereocenters. The van der Waals surface area contributed by atoms with E-state index >= 15 is 0 Å². The Balaban J connectivity index is 2.85. The summed E-state index contributed by atoms with van der Waals surface area (Å²) in [6.45, 7) is 2.38. The molecule has 17 heavy (non-hydrogen) atoms. The zero-order chi connectivity index (χ0) is 12.7. The summed E-state index contributed by atoms with van der Waals surface area (Å²) in [7, 11) is 0. The molecular weight excluding hydrogens is 220 g/mol. The Kier molecular flexibility index (Phi) is 5.45. The molecule has 94 valence electrons. The minimum atomic E-state index is -0.209. The van der Waals surface area contributed by atoms with Gasteiger partial charge in [-0.25, -0.2) is 0 Å². The smallest absolute Gasteiger partial charge is 0.253 e. The number of ether oxygens (including phenoxy) is 1. The van der Waals surface area contributed by atoms with Crippen molar-refractivity contribution in [3.63, 3.8) is 0 Å². The molecule has 0 atom stereocenters. The summed E-state index contributed by atoms with van der Waals surface area (Å²) in [6.07, 6.45) is 0. The van der Waals surface area contributed by atoms with Gasteiger partial charge in [0.05, 0.1) is 18.0 Å². The highest BCUT2D eigenvalue weighted by Gasteiger charge is 2.16. The standard InChI is InChI=1S/C12H18N2O3/c1-2-17-9-12(16)14(7-8-15)11-6-4-3-5-10(11)13/h3-6,15H,2,7-9,13H2,1H3. The third-order valence-corrected chi connectivity index (χ3v) is 2.28. The van der Waals surface area contributed by atoms with Crippen molar-refractivity contribution < 1.29 is 14.6 Å². The molecule has 3 N–H and O–H groups in total. The predicted molar refractivity (Wildman–Crippen MR) is 66.8 cm³/mol. The van der Waals surface area contributed by atoms with Crippen molar-refractivity contribution in [1.82, 2.24) is 0 Å². The number of aliphatic hydroxyl groups excluding tert-OH is 1. The number of carbonyl (C=O) groups is 1. The van der Waals surface area contributed by atoms with Gasteiger partial charge in [-0.05, 0) is 19.1 Å². The number of nitrogens with two attached hydrogens (primary N) is 1. The molecule has 0 saturated heterocycles. The number of nitrogens with zero attached hydrogens (tertiary/aromatic N) is 1. The van der Waals surface area contributed by atoms with Crippen LogP contribution in [0, 0.1) is 0 Å². The van der Waals surface area contributed by atoms with Crippen LogP contribution in [-0.2, 0) is 9.53 Å². The van der Waals surface area contributed by atoms with E-state index in [0.717, 1.165) is 0 Å². The number of nitrogen functional groups attached to an aromatic ring is 1. The zero-order valence-corrected chi connectivity index (χ0v) is 9.93. The highest BCUT2D eigenvalue weighted by atomic mass is 16.5. The minimum absolute atomic E-state index is 0.00909. The van der Waals surface area contributed by atoms with E-state index in [4.69, 9.17) is 15.6 Å². The van der Waals surface area contributed by atoms with Crippen LogP contribution in [0.3, 0.4) is 0 Å². The lowest BCUT2D eigenvalue weighted by Gasteiger charge is -2.23. The van der Waals surface area contributed by atoms with Crippen LogP contribution >= 0.6 is 0 Å². The zero-order valence-electron chi connectivity index (χ0n) is 9.93. The van der Waals surface area contributed by atoms with Crippen LogP contribution in [0.2, 0.25) is 0 Å². The monoisotopic (exact) mass is 238 g/mol. The molecule has 0 aliphatic heterocycles. The normalized spacial score (nSPS) is 10.2. The lowest BCUT2D eigenvalue weighted by molar-refractivity contribution is -0.123. The molecule has 0 saturated carbocycles. The summed E-state index contributed by atoms with van der Waals surface area (Å²) in [5.74, 6) is -0.209. The second-order valence-corrected chi connectivity index (χ2v) is 3.46. The summed E-state index contributed by atoms with van der Waals surface area (Å²) < 4.78 is 5.07. The Morgan fingerprint density at radius 3 is 2.76 bits per heavy atom. The second kappa shape index (κ2) is 6.88. The first-order valence-electron chi connectivity index (χ1n) is 5.54. The molecule has 0 heterocycles. The summed E-state index contributed by atoms with van der Waals surface area (Å²) in [5, 5.41) is 8.99. The molecule has 1 rings (SSSR count). The first-order chi connectivity index (χ1) is 8.20. The number of carbonyl (C=O) groups excluding carboxylic acids is 1. The highest BCUT2D eigenvalue weighted by molar-refractivity contribution is 5.97. The molecule has 0 bridgehead atoms. The number of aliphatic hydroxyl groups is 1. The molecule has 5 nitrogen and oxygen atoms in total. The van der Waals surface area contributed by atoms with E-state index in [-0.39, 0.29) is 25.7 Å². The van der Waals surface area contributed by atoms with Crippen LogP contribution in [0.15, 0.2) is 24.3 Å². The van der Waals surface area contributed by atoms with E-state index in [1.165, 1.54) is 4.90 Å². The minimum Gasteiger partial charge on any atom is -0.397 e. The molecule has 1 amide bonds. The van der Waals surface area contributed by atoms with Gasteiger partial charge in [0.15, 0.2) is 0 Å². The quantitative estimate of drug-likeness (QED) is 0.713. The summed E-state index contributed by atoms with van der Waals surface area (Å²) >= 11 is 0. The van der Waals surface area contributed by atoms with Crippen molar-refractivity contribution in [3.8, 4) is 0 Å². The van der Waals surface area contributed by atoms with Gasteiger partial charge in [0.1, 0.15) is 6.61 Å². The molecule has 1 aromatic carbocycles. The maximum Gasteiger partial charge on any atom is 0.253 e. The van der Waals surface area contributed by atoms with Gasteiger partial charge in [-0.3, -0.25) is 4.79 Å². The molecule has 0 aromatic heterocycles. The van der Waals surface area contributed by atoms with Gasteiger partial charge in [0, 0.05) is 13.2 Å². The van der Waals surface area contributed by atoms with E-state index in [9.17, 15) is 4.79 Å². The van der Waals surface area contributed by atoms with Gasteiger partial charge in [0.2, 0.25) is 0 Å². The molecular formula is C12H18N2O3. The van der Waals surface area contributed by atoms with Gasteiger partial charge < -0.3 is 20.5 Å². The third-order valence-electron chi connectivity index (χ3n) is 2.28. The number of rotatable bonds is 6. The Hall–Kier alpha value is -1.59. The van der Waals surface area contributed by atoms with Crippen molar-refractivity contribution in [2.45, 2.75) is 6.92 Å². The van der Waals surface area contributed by atoms with Crippen molar-refractivity contribution in [2.75, 3.05) is 37.0 Å². The SMILES string of the molecule is CCOCC(=O)N(CCO)c1ccccc1N. The first-order valence-corrected chi connectivity index (χ1v) is 5.54. The summed E-state index contributed by atoms with van der Waals surface area (Å²) in [4.78, 5) is 13.3. The summed E-state index contributed by atoms with van der Waals surface area (Å²) in [5.41, 5.74) is 6.91. The molecule has 1 aromatic rings. The maximum absolute atomic E-state index is 11.9. The van der Waals surface area contributed by atoms with E-state index in [2.05, 4.69) is 0 Å². The first kappa shape index (κ1) is 13.5. The molecule has 0 spiro atoms. The number of hydrogen-bond acceptors (Lipinski definition) is 4. The van der Waals surface area contributed by atoms with E-state index in [1.807, 2.05) is 6.92 Å². The maximum atomic E-state index is 11.9. The molecule has 0 fully saturated rings. The van der Waals surface area contributed by atoms with Gasteiger partial charge in [-0.15, -0.1) is 0 Å². The number of hydrogen-bond donors (Lipinski definition) is 2. The average molecular weight is 238 g/mol. The van der Waals surface area contributed by atoms with Crippen molar-refractivity contribution in [3.05, 3.63) is 24.3 Å². The fourth-order valence-corrected chi connectivity index (χ4v) is 1.48. The number of para-hydroxylation sites is 2. The molecule has 5 heteroatoms. The number of benzene rings is 1. The largest absolute Gasteiger partial charge is 0.397 e. The lowest BCUT2D eigenvalue weighted by atomic mass is 10.2. The van der Waals surface area contributed by atoms with Crippen molar-refractivity contribution in [2.24, 2.45) is 0 Å². The van der Waals surface area contributed by atoms with Crippen LogP contribution in [0.4, 0.5) is 11.4 Å².